The van der Waals surface area contributed by atoms with E-state index in [9.17, 15) is 13.6 Å². The van der Waals surface area contributed by atoms with E-state index in [1.54, 1.807) is 0 Å². The minimum Gasteiger partial charge on any atom is -0.469 e. The van der Waals surface area contributed by atoms with Crippen LogP contribution in [0.1, 0.15) is 32.1 Å². The molecule has 0 heterocycles. The fourth-order valence-electron chi connectivity index (χ4n) is 1.93. The van der Waals surface area contributed by atoms with Crippen LogP contribution in [-0.4, -0.2) is 25.0 Å². The lowest BCUT2D eigenvalue weighted by Gasteiger charge is -2.31. The van der Waals surface area contributed by atoms with Crippen LogP contribution in [0.15, 0.2) is 0 Å². The van der Waals surface area contributed by atoms with Crippen molar-refractivity contribution in [1.82, 2.24) is 0 Å². The molecule has 0 spiro atoms. The molecule has 1 aliphatic rings. The number of carbonyl (C=O) groups is 1. The van der Waals surface area contributed by atoms with Crippen LogP contribution in [0.25, 0.3) is 0 Å². The lowest BCUT2D eigenvalue weighted by atomic mass is 9.81. The molecule has 5 heteroatoms. The average Bonchev–Trinajstić information content (AvgIpc) is 2.17. The maximum Gasteiger partial charge on any atom is 0.307 e. The van der Waals surface area contributed by atoms with Gasteiger partial charge in [0.15, 0.2) is 0 Å². The lowest BCUT2D eigenvalue weighted by Crippen LogP contribution is -2.37. The predicted octanol–water partition coefficient (Wildman–Crippen LogP) is 1.70. The number of ether oxygens (including phenoxy) is 1. The van der Waals surface area contributed by atoms with Crippen LogP contribution in [0.4, 0.5) is 8.78 Å². The second-order valence-corrected chi connectivity index (χ2v) is 4.14. The topological polar surface area (TPSA) is 52.3 Å². The van der Waals surface area contributed by atoms with Gasteiger partial charge in [-0.05, 0) is 18.8 Å². The van der Waals surface area contributed by atoms with E-state index in [1.807, 2.05) is 0 Å². The molecule has 0 aromatic carbocycles. The van der Waals surface area contributed by atoms with Gasteiger partial charge in [0.2, 0.25) is 5.92 Å². The quantitative estimate of drug-likeness (QED) is 0.738. The molecule has 88 valence electrons. The maximum absolute atomic E-state index is 12.8. The Morgan fingerprint density at radius 3 is 2.53 bits per heavy atom. The van der Waals surface area contributed by atoms with Gasteiger partial charge in [0.05, 0.1) is 13.5 Å². The number of esters is 1. The highest BCUT2D eigenvalue weighted by molar-refractivity contribution is 5.69. The molecule has 1 saturated carbocycles. The molecule has 0 aromatic heterocycles. The Hall–Kier alpha value is -0.710. The monoisotopic (exact) mass is 221 g/mol. The Morgan fingerprint density at radius 2 is 2.07 bits per heavy atom. The Kier molecular flexibility index (Phi) is 4.02. The van der Waals surface area contributed by atoms with E-state index in [-0.39, 0.29) is 37.2 Å². The molecule has 1 aliphatic carbocycles. The number of hydrogen-bond acceptors (Lipinski definition) is 3. The second-order valence-electron chi connectivity index (χ2n) is 4.14. The van der Waals surface area contributed by atoms with Crippen molar-refractivity contribution < 1.29 is 18.3 Å². The number of carbonyl (C=O) groups excluding carboxylic acids is 1. The van der Waals surface area contributed by atoms with Crippen molar-refractivity contribution in [1.29, 1.82) is 0 Å². The standard InChI is InChI=1S/C10H17F2NO2/c1-15-9(14)6-8(13)7-2-4-10(11,12)5-3-7/h7-8H,2-6,13H2,1H3. The van der Waals surface area contributed by atoms with Gasteiger partial charge in [0.25, 0.3) is 0 Å². The van der Waals surface area contributed by atoms with Crippen LogP contribution in [0.5, 0.6) is 0 Å². The molecule has 1 unspecified atom stereocenters. The molecule has 1 atom stereocenters. The first kappa shape index (κ1) is 12.4. The first-order chi connectivity index (χ1) is 6.94. The van der Waals surface area contributed by atoms with Gasteiger partial charge < -0.3 is 10.5 Å². The van der Waals surface area contributed by atoms with E-state index in [0.717, 1.165) is 0 Å². The molecule has 0 bridgehead atoms. The van der Waals surface area contributed by atoms with Crippen LogP contribution >= 0.6 is 0 Å². The molecule has 2 N–H and O–H groups in total. The molecule has 3 nitrogen and oxygen atoms in total. The van der Waals surface area contributed by atoms with Crippen molar-refractivity contribution in [3.63, 3.8) is 0 Å². The minimum atomic E-state index is -2.54. The highest BCUT2D eigenvalue weighted by Crippen LogP contribution is 2.37. The van der Waals surface area contributed by atoms with Gasteiger partial charge in [-0.15, -0.1) is 0 Å². The Labute approximate surface area is 88.0 Å². The zero-order valence-corrected chi connectivity index (χ0v) is 8.84. The smallest absolute Gasteiger partial charge is 0.307 e. The van der Waals surface area contributed by atoms with Crippen molar-refractivity contribution in [3.05, 3.63) is 0 Å². The number of halogens is 2. The van der Waals surface area contributed by atoms with Crippen molar-refractivity contribution in [2.24, 2.45) is 11.7 Å². The zero-order valence-electron chi connectivity index (χ0n) is 8.84. The van der Waals surface area contributed by atoms with Crippen molar-refractivity contribution in [2.75, 3.05) is 7.11 Å². The summed E-state index contributed by atoms with van der Waals surface area (Å²) in [6, 6.07) is -0.353. The van der Waals surface area contributed by atoms with Gasteiger partial charge in [-0.2, -0.15) is 0 Å². The SMILES string of the molecule is COC(=O)CC(N)C1CCC(F)(F)CC1. The minimum absolute atomic E-state index is 0.0173. The van der Waals surface area contributed by atoms with E-state index < -0.39 is 5.92 Å². The van der Waals surface area contributed by atoms with Gasteiger partial charge in [0, 0.05) is 18.9 Å². The van der Waals surface area contributed by atoms with E-state index in [2.05, 4.69) is 4.74 Å². The summed E-state index contributed by atoms with van der Waals surface area (Å²) in [5, 5.41) is 0. The Bertz CT molecular complexity index is 223. The van der Waals surface area contributed by atoms with Gasteiger partial charge in [-0.3, -0.25) is 4.79 Å². The summed E-state index contributed by atoms with van der Waals surface area (Å²) in [7, 11) is 1.30. The number of rotatable bonds is 3. The molecule has 1 fully saturated rings. The Balaban J connectivity index is 2.36. The average molecular weight is 221 g/mol. The summed E-state index contributed by atoms with van der Waals surface area (Å²) in [4.78, 5) is 10.9. The maximum atomic E-state index is 12.8. The van der Waals surface area contributed by atoms with Crippen molar-refractivity contribution >= 4 is 5.97 Å². The molecule has 15 heavy (non-hydrogen) atoms. The normalized spacial score (nSPS) is 23.5. The molecule has 1 rings (SSSR count). The largest absolute Gasteiger partial charge is 0.469 e. The molecule has 0 radical (unpaired) electrons. The molecular weight excluding hydrogens is 204 g/mol. The number of hydrogen-bond donors (Lipinski definition) is 1. The van der Waals surface area contributed by atoms with E-state index in [0.29, 0.717) is 12.8 Å². The Morgan fingerprint density at radius 1 is 1.53 bits per heavy atom. The fraction of sp³-hybridized carbons (Fsp3) is 0.900. The fourth-order valence-corrected chi connectivity index (χ4v) is 1.93. The summed E-state index contributed by atoms with van der Waals surface area (Å²) in [5.41, 5.74) is 5.77. The van der Waals surface area contributed by atoms with Crippen LogP contribution in [0.3, 0.4) is 0 Å². The van der Waals surface area contributed by atoms with Gasteiger partial charge >= 0.3 is 5.97 Å². The molecule has 0 amide bonds. The summed E-state index contributed by atoms with van der Waals surface area (Å²) in [6.45, 7) is 0. The van der Waals surface area contributed by atoms with E-state index >= 15 is 0 Å². The van der Waals surface area contributed by atoms with E-state index in [4.69, 9.17) is 5.73 Å². The van der Waals surface area contributed by atoms with Crippen LogP contribution < -0.4 is 5.73 Å². The molecule has 0 aliphatic heterocycles. The number of alkyl halides is 2. The van der Waals surface area contributed by atoms with E-state index in [1.165, 1.54) is 7.11 Å². The highest BCUT2D eigenvalue weighted by Gasteiger charge is 2.37. The molecule has 0 saturated heterocycles. The third kappa shape index (κ3) is 3.74. The van der Waals surface area contributed by atoms with Crippen molar-refractivity contribution in [2.45, 2.75) is 44.1 Å². The highest BCUT2D eigenvalue weighted by atomic mass is 19.3. The summed E-state index contributed by atoms with van der Waals surface area (Å²) >= 11 is 0. The molecular formula is C10H17F2NO2. The summed E-state index contributed by atoms with van der Waals surface area (Å²) < 4.78 is 30.2. The zero-order chi connectivity index (χ0) is 11.5. The molecule has 0 aromatic rings. The van der Waals surface area contributed by atoms with Crippen LogP contribution in [0, 0.1) is 5.92 Å². The second kappa shape index (κ2) is 4.88. The first-order valence-corrected chi connectivity index (χ1v) is 5.15. The van der Waals surface area contributed by atoms with Crippen LogP contribution in [0.2, 0.25) is 0 Å². The van der Waals surface area contributed by atoms with Crippen molar-refractivity contribution in [3.8, 4) is 0 Å². The summed E-state index contributed by atoms with van der Waals surface area (Å²) in [6.07, 6.45) is 0.669. The number of methoxy groups -OCH3 is 1. The predicted molar refractivity (Wildman–Crippen MR) is 51.5 cm³/mol. The lowest BCUT2D eigenvalue weighted by molar-refractivity contribution is -0.141. The third-order valence-electron chi connectivity index (χ3n) is 3.00. The summed E-state index contributed by atoms with van der Waals surface area (Å²) in [5.74, 6) is -2.90. The third-order valence-corrected chi connectivity index (χ3v) is 3.00. The van der Waals surface area contributed by atoms with Gasteiger partial charge in [0.1, 0.15) is 0 Å². The van der Waals surface area contributed by atoms with Gasteiger partial charge in [-0.25, -0.2) is 8.78 Å². The first-order valence-electron chi connectivity index (χ1n) is 5.15. The number of nitrogens with two attached hydrogens (primary N) is 1. The van der Waals surface area contributed by atoms with Gasteiger partial charge in [-0.1, -0.05) is 0 Å². The van der Waals surface area contributed by atoms with Crippen LogP contribution in [-0.2, 0) is 9.53 Å².